The number of rotatable bonds is 8. The minimum Gasteiger partial charge on any atom is -0.348 e. The van der Waals surface area contributed by atoms with Crippen LogP contribution in [0.15, 0.2) is 30.3 Å². The average Bonchev–Trinajstić information content (AvgIpc) is 2.48. The van der Waals surface area contributed by atoms with Crippen LogP contribution in [0.3, 0.4) is 0 Å². The fraction of sp³-hybridized carbons (Fsp3) is 0.588. The molecule has 0 radical (unpaired) electrons. The van der Waals surface area contributed by atoms with E-state index >= 15 is 0 Å². The Hall–Kier alpha value is -1.35. The van der Waals surface area contributed by atoms with E-state index < -0.39 is 6.04 Å². The zero-order valence-corrected chi connectivity index (χ0v) is 12.9. The van der Waals surface area contributed by atoms with Crippen molar-refractivity contribution in [1.29, 1.82) is 0 Å². The van der Waals surface area contributed by atoms with Crippen LogP contribution in [0.1, 0.15) is 58.1 Å². The maximum Gasteiger partial charge on any atom is 0.237 e. The highest BCUT2D eigenvalue weighted by molar-refractivity contribution is 5.81. The van der Waals surface area contributed by atoms with E-state index in [1.54, 1.807) is 0 Å². The molecule has 1 rings (SSSR count). The SMILES string of the molecule is CCCC(N)C(=O)NC(c1ccccc1)C(CC)CC. The largest absolute Gasteiger partial charge is 0.348 e. The molecule has 2 atom stereocenters. The Morgan fingerprint density at radius 2 is 1.75 bits per heavy atom. The van der Waals surface area contributed by atoms with Crippen molar-refractivity contribution in [2.75, 3.05) is 0 Å². The van der Waals surface area contributed by atoms with Crippen LogP contribution in [-0.2, 0) is 4.79 Å². The third-order valence-corrected chi connectivity index (χ3v) is 3.91. The summed E-state index contributed by atoms with van der Waals surface area (Å²) in [6, 6.07) is 9.84. The minimum atomic E-state index is -0.402. The zero-order valence-electron chi connectivity index (χ0n) is 12.9. The highest BCUT2D eigenvalue weighted by atomic mass is 16.2. The first-order valence-electron chi connectivity index (χ1n) is 7.74. The first-order valence-corrected chi connectivity index (χ1v) is 7.74. The quantitative estimate of drug-likeness (QED) is 0.764. The number of hydrogen-bond donors (Lipinski definition) is 2. The lowest BCUT2D eigenvalue weighted by atomic mass is 9.88. The second-order valence-electron chi connectivity index (χ2n) is 5.37. The van der Waals surface area contributed by atoms with Crippen LogP contribution in [0.4, 0.5) is 0 Å². The summed E-state index contributed by atoms with van der Waals surface area (Å²) in [6.07, 6.45) is 3.74. The van der Waals surface area contributed by atoms with Crippen molar-refractivity contribution in [2.45, 2.75) is 58.5 Å². The summed E-state index contributed by atoms with van der Waals surface area (Å²) in [5.74, 6) is 0.405. The molecule has 2 unspecified atom stereocenters. The molecule has 1 amide bonds. The van der Waals surface area contributed by atoms with Gasteiger partial charge in [-0.25, -0.2) is 0 Å². The molecule has 0 fully saturated rings. The Kier molecular flexibility index (Phi) is 7.31. The Balaban J connectivity index is 2.86. The van der Waals surface area contributed by atoms with Crippen molar-refractivity contribution >= 4 is 5.91 Å². The van der Waals surface area contributed by atoms with Crippen molar-refractivity contribution in [2.24, 2.45) is 11.7 Å². The molecule has 3 N–H and O–H groups in total. The molecular formula is C17H28N2O. The van der Waals surface area contributed by atoms with Gasteiger partial charge in [0.05, 0.1) is 12.1 Å². The number of carbonyl (C=O) groups is 1. The molecule has 1 aromatic carbocycles. The zero-order chi connectivity index (χ0) is 15.0. The monoisotopic (exact) mass is 276 g/mol. The Morgan fingerprint density at radius 1 is 1.15 bits per heavy atom. The van der Waals surface area contributed by atoms with Crippen molar-refractivity contribution in [3.63, 3.8) is 0 Å². The van der Waals surface area contributed by atoms with E-state index in [4.69, 9.17) is 5.73 Å². The number of carbonyl (C=O) groups excluding carboxylic acids is 1. The molecule has 1 aromatic rings. The molecule has 0 saturated carbocycles. The van der Waals surface area contributed by atoms with Gasteiger partial charge in [-0.3, -0.25) is 4.79 Å². The van der Waals surface area contributed by atoms with E-state index in [9.17, 15) is 4.79 Å². The van der Waals surface area contributed by atoms with E-state index in [-0.39, 0.29) is 11.9 Å². The molecule has 0 aliphatic heterocycles. The molecule has 0 aliphatic carbocycles. The molecule has 0 spiro atoms. The topological polar surface area (TPSA) is 55.1 Å². The first-order chi connectivity index (χ1) is 9.63. The highest BCUT2D eigenvalue weighted by Gasteiger charge is 2.24. The van der Waals surface area contributed by atoms with Crippen LogP contribution < -0.4 is 11.1 Å². The van der Waals surface area contributed by atoms with Gasteiger partial charge in [0.2, 0.25) is 5.91 Å². The van der Waals surface area contributed by atoms with E-state index in [1.807, 2.05) is 25.1 Å². The lowest BCUT2D eigenvalue weighted by Crippen LogP contribution is -2.43. The lowest BCUT2D eigenvalue weighted by molar-refractivity contribution is -0.123. The molecule has 0 heterocycles. The minimum absolute atomic E-state index is 0.0346. The van der Waals surface area contributed by atoms with E-state index in [2.05, 4.69) is 31.3 Å². The number of nitrogens with two attached hydrogens (primary N) is 1. The molecule has 112 valence electrons. The van der Waals surface area contributed by atoms with Crippen LogP contribution in [-0.4, -0.2) is 11.9 Å². The van der Waals surface area contributed by atoms with Gasteiger partial charge in [0.15, 0.2) is 0 Å². The highest BCUT2D eigenvalue weighted by Crippen LogP contribution is 2.27. The number of amides is 1. The Bertz CT molecular complexity index is 387. The molecule has 3 nitrogen and oxygen atoms in total. The normalized spacial score (nSPS) is 14.1. The van der Waals surface area contributed by atoms with E-state index in [0.717, 1.165) is 25.7 Å². The summed E-state index contributed by atoms with van der Waals surface area (Å²) in [4.78, 5) is 12.2. The van der Waals surface area contributed by atoms with Gasteiger partial charge in [-0.05, 0) is 17.9 Å². The van der Waals surface area contributed by atoms with Crippen LogP contribution in [0.25, 0.3) is 0 Å². The molecular weight excluding hydrogens is 248 g/mol. The number of hydrogen-bond acceptors (Lipinski definition) is 2. The second-order valence-corrected chi connectivity index (χ2v) is 5.37. The molecule has 0 aliphatic rings. The number of nitrogens with one attached hydrogen (secondary N) is 1. The van der Waals surface area contributed by atoms with E-state index in [0.29, 0.717) is 5.92 Å². The molecule has 20 heavy (non-hydrogen) atoms. The van der Waals surface area contributed by atoms with Crippen LogP contribution >= 0.6 is 0 Å². The fourth-order valence-electron chi connectivity index (χ4n) is 2.60. The lowest BCUT2D eigenvalue weighted by Gasteiger charge is -2.28. The van der Waals surface area contributed by atoms with Crippen LogP contribution in [0, 0.1) is 5.92 Å². The van der Waals surface area contributed by atoms with Crippen LogP contribution in [0.5, 0.6) is 0 Å². The summed E-state index contributed by atoms with van der Waals surface area (Å²) in [5, 5.41) is 3.16. The Labute approximate surface area is 122 Å². The molecule has 0 bridgehead atoms. The van der Waals surface area contributed by atoms with E-state index in [1.165, 1.54) is 5.56 Å². The van der Waals surface area contributed by atoms with Crippen molar-refractivity contribution in [3.05, 3.63) is 35.9 Å². The first kappa shape index (κ1) is 16.7. The van der Waals surface area contributed by atoms with Gasteiger partial charge in [0, 0.05) is 0 Å². The van der Waals surface area contributed by atoms with Crippen molar-refractivity contribution < 1.29 is 4.79 Å². The summed E-state index contributed by atoms with van der Waals surface area (Å²) in [6.45, 7) is 6.38. The Morgan fingerprint density at radius 3 is 2.25 bits per heavy atom. The summed E-state index contributed by atoms with van der Waals surface area (Å²) in [7, 11) is 0. The van der Waals surface area contributed by atoms with Crippen LogP contribution in [0.2, 0.25) is 0 Å². The third-order valence-electron chi connectivity index (χ3n) is 3.91. The van der Waals surface area contributed by atoms with Gasteiger partial charge in [-0.15, -0.1) is 0 Å². The predicted molar refractivity (Wildman–Crippen MR) is 84.3 cm³/mol. The molecule has 0 saturated heterocycles. The molecule has 3 heteroatoms. The predicted octanol–water partition coefficient (Wildman–Crippen LogP) is 3.41. The summed E-state index contributed by atoms with van der Waals surface area (Å²) >= 11 is 0. The van der Waals surface area contributed by atoms with Gasteiger partial charge in [-0.2, -0.15) is 0 Å². The summed E-state index contributed by atoms with van der Waals surface area (Å²) < 4.78 is 0. The van der Waals surface area contributed by atoms with Gasteiger partial charge in [-0.1, -0.05) is 70.4 Å². The average molecular weight is 276 g/mol. The summed E-state index contributed by atoms with van der Waals surface area (Å²) in [5.41, 5.74) is 7.09. The van der Waals surface area contributed by atoms with Crippen molar-refractivity contribution in [3.8, 4) is 0 Å². The fourth-order valence-corrected chi connectivity index (χ4v) is 2.60. The maximum absolute atomic E-state index is 12.2. The second kappa shape index (κ2) is 8.75. The maximum atomic E-state index is 12.2. The van der Waals surface area contributed by atoms with Gasteiger partial charge < -0.3 is 11.1 Å². The number of benzene rings is 1. The van der Waals surface area contributed by atoms with Gasteiger partial charge in [0.1, 0.15) is 0 Å². The van der Waals surface area contributed by atoms with Gasteiger partial charge in [0.25, 0.3) is 0 Å². The standard InChI is InChI=1S/C17H28N2O/c1-4-10-15(18)17(20)19-16(13(5-2)6-3)14-11-8-7-9-12-14/h7-9,11-13,15-16H,4-6,10,18H2,1-3H3,(H,19,20). The molecule has 0 aromatic heterocycles. The van der Waals surface area contributed by atoms with Gasteiger partial charge >= 0.3 is 0 Å². The smallest absolute Gasteiger partial charge is 0.237 e. The third kappa shape index (κ3) is 4.64. The van der Waals surface area contributed by atoms with Crippen molar-refractivity contribution in [1.82, 2.24) is 5.32 Å².